The minimum absolute atomic E-state index is 0.838. The van der Waals surface area contributed by atoms with Gasteiger partial charge in [0.25, 0.3) is 0 Å². The second-order valence-electron chi connectivity index (χ2n) is 12.5. The molecule has 0 aliphatic heterocycles. The molecule has 0 fully saturated rings. The first-order valence-corrected chi connectivity index (χ1v) is 16.6. The number of rotatable bonds is 5. The lowest BCUT2D eigenvalue weighted by molar-refractivity contribution is 0.666. The van der Waals surface area contributed by atoms with Crippen molar-refractivity contribution in [2.45, 2.75) is 0 Å². The van der Waals surface area contributed by atoms with E-state index in [1.54, 1.807) is 0 Å². The quantitative estimate of drug-likeness (QED) is 0.190. The summed E-state index contributed by atoms with van der Waals surface area (Å²) >= 11 is 0. The summed E-state index contributed by atoms with van der Waals surface area (Å²) in [6.07, 6.45) is 0. The summed E-state index contributed by atoms with van der Waals surface area (Å²) in [7, 11) is 0. The van der Waals surface area contributed by atoms with Gasteiger partial charge in [0.1, 0.15) is 11.2 Å². The molecule has 10 rings (SSSR count). The Hall–Kier alpha value is -6.58. The van der Waals surface area contributed by atoms with Crippen molar-refractivity contribution < 1.29 is 8.83 Å². The van der Waals surface area contributed by atoms with Gasteiger partial charge >= 0.3 is 0 Å². The average Bonchev–Trinajstić information content (AvgIpc) is 3.75. The Balaban J connectivity index is 1.12. The van der Waals surface area contributed by atoms with Crippen molar-refractivity contribution in [1.82, 2.24) is 0 Å². The van der Waals surface area contributed by atoms with Crippen LogP contribution in [0, 0.1) is 0 Å². The van der Waals surface area contributed by atoms with Gasteiger partial charge in [-0.1, -0.05) is 127 Å². The summed E-state index contributed by atoms with van der Waals surface area (Å²) < 4.78 is 13.2. The molecule has 2 heterocycles. The molecule has 0 radical (unpaired) electrons. The zero-order valence-corrected chi connectivity index (χ0v) is 26.5. The van der Waals surface area contributed by atoms with Gasteiger partial charge in [0.15, 0.2) is 11.2 Å². The maximum absolute atomic E-state index is 6.58. The van der Waals surface area contributed by atoms with Gasteiger partial charge in [0.2, 0.25) is 0 Å². The molecule has 0 N–H and O–H groups in total. The first-order chi connectivity index (χ1) is 24.3. The topological polar surface area (TPSA) is 29.5 Å². The van der Waals surface area contributed by atoms with Crippen LogP contribution >= 0.6 is 0 Å². The Labute approximate surface area is 282 Å². The van der Waals surface area contributed by atoms with E-state index < -0.39 is 0 Å². The summed E-state index contributed by atoms with van der Waals surface area (Å²) in [6.45, 7) is 0. The molecular formula is C46H29NO2. The number of benzene rings is 8. The van der Waals surface area contributed by atoms with Crippen molar-refractivity contribution in [3.63, 3.8) is 0 Å². The predicted molar refractivity (Wildman–Crippen MR) is 204 cm³/mol. The molecule has 3 heteroatoms. The maximum atomic E-state index is 6.58. The number of nitrogens with zero attached hydrogens (tertiary/aromatic N) is 1. The SMILES string of the molecule is c1ccc(-c2ccc3cc(-c4ccc(N(c5cccc6c5oc5ccccc56)c5cccc6c5oc5ccccc56)cc4)ccc3c2)cc1. The van der Waals surface area contributed by atoms with Crippen molar-refractivity contribution >= 4 is 71.7 Å². The van der Waals surface area contributed by atoms with Crippen LogP contribution in [0.3, 0.4) is 0 Å². The van der Waals surface area contributed by atoms with Crippen LogP contribution in [0.5, 0.6) is 0 Å². The third kappa shape index (κ3) is 4.51. The number of hydrogen-bond acceptors (Lipinski definition) is 3. The van der Waals surface area contributed by atoms with Gasteiger partial charge in [0.05, 0.1) is 11.4 Å². The molecule has 0 atom stereocenters. The van der Waals surface area contributed by atoms with Crippen LogP contribution in [0.4, 0.5) is 17.1 Å². The number of hydrogen-bond donors (Lipinski definition) is 0. The second kappa shape index (κ2) is 11.0. The highest BCUT2D eigenvalue weighted by molar-refractivity contribution is 6.14. The molecule has 0 aliphatic rings. The fourth-order valence-electron chi connectivity index (χ4n) is 7.26. The lowest BCUT2D eigenvalue weighted by Gasteiger charge is -2.25. The minimum atomic E-state index is 0.838. The number of fused-ring (bicyclic) bond motifs is 7. The Morgan fingerprint density at radius 2 is 0.776 bits per heavy atom. The largest absolute Gasteiger partial charge is 0.454 e. The number of furan rings is 2. The molecule has 0 amide bonds. The van der Waals surface area contributed by atoms with Crippen LogP contribution in [0.2, 0.25) is 0 Å². The molecule has 0 saturated heterocycles. The third-order valence-electron chi connectivity index (χ3n) is 9.66. The summed E-state index contributed by atoms with van der Waals surface area (Å²) in [6, 6.07) is 62.0. The molecule has 8 aromatic carbocycles. The number of para-hydroxylation sites is 4. The Morgan fingerprint density at radius 3 is 1.33 bits per heavy atom. The van der Waals surface area contributed by atoms with E-state index in [9.17, 15) is 0 Å². The molecule has 3 nitrogen and oxygen atoms in total. The van der Waals surface area contributed by atoms with Gasteiger partial charge in [-0.25, -0.2) is 0 Å². The lowest BCUT2D eigenvalue weighted by atomic mass is 9.97. The second-order valence-corrected chi connectivity index (χ2v) is 12.5. The Bertz CT molecular complexity index is 2710. The predicted octanol–water partition coefficient (Wildman–Crippen LogP) is 13.4. The molecule has 0 saturated carbocycles. The maximum Gasteiger partial charge on any atom is 0.159 e. The fourth-order valence-corrected chi connectivity index (χ4v) is 7.26. The van der Waals surface area contributed by atoms with E-state index in [-0.39, 0.29) is 0 Å². The summed E-state index contributed by atoms with van der Waals surface area (Å²) in [4.78, 5) is 2.27. The third-order valence-corrected chi connectivity index (χ3v) is 9.66. The monoisotopic (exact) mass is 627 g/mol. The van der Waals surface area contributed by atoms with Crippen LogP contribution in [0.1, 0.15) is 0 Å². The van der Waals surface area contributed by atoms with E-state index in [1.165, 1.54) is 27.5 Å². The van der Waals surface area contributed by atoms with Crippen LogP contribution in [0.25, 0.3) is 76.9 Å². The lowest BCUT2D eigenvalue weighted by Crippen LogP contribution is -2.10. The van der Waals surface area contributed by atoms with Crippen molar-refractivity contribution in [2.24, 2.45) is 0 Å². The van der Waals surface area contributed by atoms with Gasteiger partial charge in [-0.3, -0.25) is 0 Å². The highest BCUT2D eigenvalue weighted by Gasteiger charge is 2.23. The normalized spacial score (nSPS) is 11.7. The highest BCUT2D eigenvalue weighted by atomic mass is 16.3. The Morgan fingerprint density at radius 1 is 0.327 bits per heavy atom. The highest BCUT2D eigenvalue weighted by Crippen LogP contribution is 2.46. The van der Waals surface area contributed by atoms with Gasteiger partial charge in [-0.05, 0) is 81.6 Å². The molecule has 49 heavy (non-hydrogen) atoms. The van der Waals surface area contributed by atoms with E-state index in [1.807, 2.05) is 24.3 Å². The molecule has 10 aromatic rings. The first kappa shape index (κ1) is 27.5. The molecule has 0 aliphatic carbocycles. The molecule has 2 aromatic heterocycles. The van der Waals surface area contributed by atoms with Gasteiger partial charge < -0.3 is 13.7 Å². The summed E-state index contributed by atoms with van der Waals surface area (Å²) in [5, 5.41) is 6.81. The zero-order valence-electron chi connectivity index (χ0n) is 26.5. The molecular weight excluding hydrogens is 599 g/mol. The van der Waals surface area contributed by atoms with E-state index in [0.29, 0.717) is 0 Å². The van der Waals surface area contributed by atoms with E-state index in [2.05, 4.69) is 157 Å². The van der Waals surface area contributed by atoms with Crippen LogP contribution in [-0.4, -0.2) is 0 Å². The van der Waals surface area contributed by atoms with Gasteiger partial charge in [0, 0.05) is 27.2 Å². The smallest absolute Gasteiger partial charge is 0.159 e. The molecule has 0 unspecified atom stereocenters. The van der Waals surface area contributed by atoms with Crippen LogP contribution < -0.4 is 4.90 Å². The molecule has 230 valence electrons. The van der Waals surface area contributed by atoms with Gasteiger partial charge in [-0.2, -0.15) is 0 Å². The van der Waals surface area contributed by atoms with E-state index in [4.69, 9.17) is 8.83 Å². The van der Waals surface area contributed by atoms with E-state index >= 15 is 0 Å². The van der Waals surface area contributed by atoms with Crippen LogP contribution in [-0.2, 0) is 0 Å². The Kier molecular flexibility index (Phi) is 6.18. The van der Waals surface area contributed by atoms with Crippen LogP contribution in [0.15, 0.2) is 185 Å². The van der Waals surface area contributed by atoms with Crippen molar-refractivity contribution in [2.75, 3.05) is 4.90 Å². The standard InChI is InChI=1S/C46H29NO2/c1-2-10-30(11-3-1)32-20-22-35-29-33(21-23-34(35)28-32)31-24-26-36(27-25-31)47(41-16-8-14-39-37-12-4-6-18-43(37)48-45(39)41)42-17-9-15-40-38-13-5-7-19-44(38)49-46(40)42/h1-29H. The van der Waals surface area contributed by atoms with E-state index in [0.717, 1.165) is 66.5 Å². The summed E-state index contributed by atoms with van der Waals surface area (Å²) in [5.74, 6) is 0. The minimum Gasteiger partial charge on any atom is -0.454 e. The first-order valence-electron chi connectivity index (χ1n) is 16.6. The number of anilines is 3. The molecule has 0 bridgehead atoms. The average molecular weight is 628 g/mol. The zero-order chi connectivity index (χ0) is 32.3. The van der Waals surface area contributed by atoms with Crippen molar-refractivity contribution in [3.05, 3.63) is 176 Å². The van der Waals surface area contributed by atoms with Crippen molar-refractivity contribution in [3.8, 4) is 22.3 Å². The molecule has 0 spiro atoms. The van der Waals surface area contributed by atoms with Crippen molar-refractivity contribution in [1.29, 1.82) is 0 Å². The van der Waals surface area contributed by atoms with Gasteiger partial charge in [-0.15, -0.1) is 0 Å². The fraction of sp³-hybridized carbons (Fsp3) is 0. The summed E-state index contributed by atoms with van der Waals surface area (Å²) in [5.41, 5.74) is 11.1.